The van der Waals surface area contributed by atoms with Crippen molar-refractivity contribution in [3.05, 3.63) is 58.6 Å². The minimum absolute atomic E-state index is 0.145. The second kappa shape index (κ2) is 7.28. The lowest BCUT2D eigenvalue weighted by Gasteiger charge is -2.17. The van der Waals surface area contributed by atoms with Crippen molar-refractivity contribution in [1.29, 1.82) is 0 Å². The number of aryl methyl sites for hydroxylation is 2. The summed E-state index contributed by atoms with van der Waals surface area (Å²) in [5.41, 5.74) is 3.63. The van der Waals surface area contributed by atoms with E-state index < -0.39 is 5.92 Å². The summed E-state index contributed by atoms with van der Waals surface area (Å²) in [6.45, 7) is 4.52. The molecule has 2 amide bonds. The summed E-state index contributed by atoms with van der Waals surface area (Å²) in [5, 5.41) is 3.47. The molecular weight excluding hydrogens is 336 g/mol. The second-order valence-electron chi connectivity index (χ2n) is 6.30. The minimum atomic E-state index is -0.652. The predicted octanol–water partition coefficient (Wildman–Crippen LogP) is 4.20. The first-order valence-corrected chi connectivity index (χ1v) is 8.84. The number of amides is 2. The molecule has 1 fully saturated rings. The third kappa shape index (κ3) is 3.69. The van der Waals surface area contributed by atoms with E-state index in [9.17, 15) is 9.59 Å². The summed E-state index contributed by atoms with van der Waals surface area (Å²) in [4.78, 5) is 26.9. The van der Waals surface area contributed by atoms with Gasteiger partial charge in [0.1, 0.15) is 5.92 Å². The molecule has 25 heavy (non-hydrogen) atoms. The van der Waals surface area contributed by atoms with Crippen LogP contribution in [0.1, 0.15) is 24.5 Å². The number of hydrogen-bond acceptors (Lipinski definition) is 2. The van der Waals surface area contributed by atoms with Gasteiger partial charge in [-0.25, -0.2) is 0 Å². The summed E-state index contributed by atoms with van der Waals surface area (Å²) in [7, 11) is 0. The first-order valence-electron chi connectivity index (χ1n) is 8.47. The maximum absolute atomic E-state index is 12.7. The van der Waals surface area contributed by atoms with Gasteiger partial charge in [-0.05, 0) is 61.2 Å². The van der Waals surface area contributed by atoms with Crippen LogP contribution < -0.4 is 10.2 Å². The molecule has 5 heteroatoms. The molecule has 4 nitrogen and oxygen atoms in total. The Bertz CT molecular complexity index is 802. The molecule has 130 valence electrons. The molecule has 0 saturated carbocycles. The maximum Gasteiger partial charge on any atom is 0.239 e. The Balaban J connectivity index is 1.71. The van der Waals surface area contributed by atoms with Crippen LogP contribution in [0.4, 0.5) is 11.4 Å². The average Bonchev–Trinajstić information content (AvgIpc) is 2.99. The molecule has 0 radical (unpaired) electrons. The van der Waals surface area contributed by atoms with Crippen LogP contribution in [0, 0.1) is 12.8 Å². The number of carbonyl (C=O) groups is 2. The van der Waals surface area contributed by atoms with Crippen LogP contribution in [-0.4, -0.2) is 18.4 Å². The molecule has 2 aromatic carbocycles. The molecule has 1 aliphatic heterocycles. The maximum atomic E-state index is 12.7. The molecule has 1 saturated heterocycles. The number of nitrogens with one attached hydrogen (secondary N) is 1. The van der Waals surface area contributed by atoms with Gasteiger partial charge in [0, 0.05) is 22.9 Å². The van der Waals surface area contributed by atoms with E-state index in [1.807, 2.05) is 31.2 Å². The second-order valence-corrected chi connectivity index (χ2v) is 6.74. The first-order chi connectivity index (χ1) is 12.0. The summed E-state index contributed by atoms with van der Waals surface area (Å²) in [6.07, 6.45) is 1.48. The fourth-order valence-electron chi connectivity index (χ4n) is 3.08. The summed E-state index contributed by atoms with van der Waals surface area (Å²) >= 11 is 5.94. The first kappa shape index (κ1) is 17.5. The van der Waals surface area contributed by atoms with E-state index in [2.05, 4.69) is 12.2 Å². The van der Waals surface area contributed by atoms with Crippen molar-refractivity contribution in [2.75, 3.05) is 16.8 Å². The molecule has 0 aliphatic carbocycles. The van der Waals surface area contributed by atoms with E-state index in [1.54, 1.807) is 23.1 Å². The van der Waals surface area contributed by atoms with E-state index in [4.69, 9.17) is 11.6 Å². The Morgan fingerprint density at radius 2 is 1.96 bits per heavy atom. The van der Waals surface area contributed by atoms with E-state index >= 15 is 0 Å². The molecule has 0 spiro atoms. The smallest absolute Gasteiger partial charge is 0.239 e. The van der Waals surface area contributed by atoms with Gasteiger partial charge in [-0.1, -0.05) is 30.7 Å². The van der Waals surface area contributed by atoms with Gasteiger partial charge >= 0.3 is 0 Å². The Hall–Kier alpha value is -2.33. The molecule has 2 aromatic rings. The van der Waals surface area contributed by atoms with Crippen LogP contribution in [0.5, 0.6) is 0 Å². The fourth-order valence-corrected chi connectivity index (χ4v) is 3.30. The van der Waals surface area contributed by atoms with Gasteiger partial charge in [0.05, 0.1) is 0 Å². The molecule has 1 atom stereocenters. The van der Waals surface area contributed by atoms with Crippen LogP contribution in [0.2, 0.25) is 5.02 Å². The predicted molar refractivity (Wildman–Crippen MR) is 101 cm³/mol. The van der Waals surface area contributed by atoms with Crippen LogP contribution in [0.3, 0.4) is 0 Å². The fraction of sp³-hybridized carbons (Fsp3) is 0.300. The van der Waals surface area contributed by atoms with Crippen molar-refractivity contribution >= 4 is 34.8 Å². The van der Waals surface area contributed by atoms with Gasteiger partial charge in [0.25, 0.3) is 0 Å². The summed E-state index contributed by atoms with van der Waals surface area (Å²) < 4.78 is 0. The number of carbonyl (C=O) groups excluding carboxylic acids is 2. The Morgan fingerprint density at radius 1 is 1.24 bits per heavy atom. The third-order valence-electron chi connectivity index (χ3n) is 4.62. The Morgan fingerprint density at radius 3 is 2.60 bits per heavy atom. The van der Waals surface area contributed by atoms with Crippen molar-refractivity contribution in [2.45, 2.75) is 26.7 Å². The van der Waals surface area contributed by atoms with Gasteiger partial charge < -0.3 is 10.2 Å². The zero-order valence-electron chi connectivity index (χ0n) is 14.4. The summed E-state index contributed by atoms with van der Waals surface area (Å²) in [5.74, 6) is -1.06. The third-order valence-corrected chi connectivity index (χ3v) is 4.86. The van der Waals surface area contributed by atoms with Crippen molar-refractivity contribution in [1.82, 2.24) is 0 Å². The van der Waals surface area contributed by atoms with E-state index in [-0.39, 0.29) is 11.8 Å². The Labute approximate surface area is 152 Å². The van der Waals surface area contributed by atoms with Crippen molar-refractivity contribution in [3.63, 3.8) is 0 Å². The van der Waals surface area contributed by atoms with Crippen LogP contribution in [0.15, 0.2) is 42.5 Å². The number of rotatable bonds is 4. The van der Waals surface area contributed by atoms with Crippen LogP contribution >= 0.6 is 11.6 Å². The highest BCUT2D eigenvalue weighted by Crippen LogP contribution is 2.27. The SMILES string of the molecule is CCc1ccc(N2CC[C@H](C(=O)Nc3ccc(Cl)cc3C)C2=O)cc1. The number of anilines is 2. The van der Waals surface area contributed by atoms with Crippen LogP contribution in [-0.2, 0) is 16.0 Å². The van der Waals surface area contributed by atoms with Crippen LogP contribution in [0.25, 0.3) is 0 Å². The highest BCUT2D eigenvalue weighted by molar-refractivity contribution is 6.30. The van der Waals surface area contributed by atoms with Gasteiger partial charge in [-0.3, -0.25) is 9.59 Å². The van der Waals surface area contributed by atoms with Gasteiger partial charge in [0.2, 0.25) is 11.8 Å². The molecule has 3 rings (SSSR count). The summed E-state index contributed by atoms with van der Waals surface area (Å²) in [6, 6.07) is 13.2. The van der Waals surface area contributed by atoms with Gasteiger partial charge in [-0.15, -0.1) is 0 Å². The van der Waals surface area contributed by atoms with Crippen molar-refractivity contribution < 1.29 is 9.59 Å². The van der Waals surface area contributed by atoms with Crippen molar-refractivity contribution in [2.24, 2.45) is 5.92 Å². The number of halogens is 1. The zero-order chi connectivity index (χ0) is 18.0. The topological polar surface area (TPSA) is 49.4 Å². The standard InChI is InChI=1S/C20H21ClN2O2/c1-3-14-4-7-16(8-5-14)23-11-10-17(20(23)25)19(24)22-18-9-6-15(21)12-13(18)2/h4-9,12,17H,3,10-11H2,1-2H3,(H,22,24)/t17-/m1/s1. The normalized spacial score (nSPS) is 17.0. The number of hydrogen-bond donors (Lipinski definition) is 1. The average molecular weight is 357 g/mol. The van der Waals surface area contributed by atoms with Gasteiger partial charge in [-0.2, -0.15) is 0 Å². The lowest BCUT2D eigenvalue weighted by atomic mass is 10.1. The largest absolute Gasteiger partial charge is 0.325 e. The van der Waals surface area contributed by atoms with E-state index in [1.165, 1.54) is 5.56 Å². The minimum Gasteiger partial charge on any atom is -0.325 e. The number of benzene rings is 2. The molecule has 1 heterocycles. The molecule has 1 N–H and O–H groups in total. The highest BCUT2D eigenvalue weighted by Gasteiger charge is 2.37. The molecule has 0 bridgehead atoms. The molecule has 1 aliphatic rings. The van der Waals surface area contributed by atoms with E-state index in [0.29, 0.717) is 23.7 Å². The number of nitrogens with zero attached hydrogens (tertiary/aromatic N) is 1. The lowest BCUT2D eigenvalue weighted by Crippen LogP contribution is -2.33. The van der Waals surface area contributed by atoms with Gasteiger partial charge in [0.15, 0.2) is 0 Å². The van der Waals surface area contributed by atoms with E-state index in [0.717, 1.165) is 17.7 Å². The molecule has 0 aromatic heterocycles. The Kier molecular flexibility index (Phi) is 5.09. The zero-order valence-corrected chi connectivity index (χ0v) is 15.1. The monoisotopic (exact) mass is 356 g/mol. The molecular formula is C20H21ClN2O2. The van der Waals surface area contributed by atoms with Crippen molar-refractivity contribution in [3.8, 4) is 0 Å². The molecule has 0 unspecified atom stereocenters. The lowest BCUT2D eigenvalue weighted by molar-refractivity contribution is -0.129. The highest BCUT2D eigenvalue weighted by atomic mass is 35.5. The quantitative estimate of drug-likeness (QED) is 0.834.